The molecular weight excluding hydrogens is 564 g/mol. The van der Waals surface area contributed by atoms with Crippen LogP contribution in [-0.2, 0) is 20.7 Å². The molecule has 3 rings (SSSR count). The van der Waals surface area contributed by atoms with Gasteiger partial charge in [0.2, 0.25) is 11.8 Å². The Morgan fingerprint density at radius 3 is 2.14 bits per heavy atom. The third-order valence-electron chi connectivity index (χ3n) is 8.99. The van der Waals surface area contributed by atoms with E-state index in [0.717, 1.165) is 31.2 Å². The summed E-state index contributed by atoms with van der Waals surface area (Å²) in [5, 5.41) is 5.93. The topological polar surface area (TPSA) is 91.0 Å². The van der Waals surface area contributed by atoms with Crippen LogP contribution in [0.4, 0.5) is 4.79 Å². The maximum atomic E-state index is 13.8. The smallest absolute Gasteiger partial charge is 0.410 e. The number of benzene rings is 1. The molecule has 1 aromatic rings. The zero-order valence-electron chi connectivity index (χ0n) is 27.7. The molecule has 43 heavy (non-hydrogen) atoms. The number of hydrogen-bond donors (Lipinski definition) is 2. The molecule has 2 N–H and O–H groups in total. The van der Waals surface area contributed by atoms with E-state index in [1.807, 2.05) is 77.7 Å². The molecule has 9 heteroatoms. The lowest BCUT2D eigenvalue weighted by molar-refractivity contribution is -0.143. The molecule has 8 nitrogen and oxygen atoms in total. The van der Waals surface area contributed by atoms with Crippen LogP contribution >= 0.6 is 11.6 Å². The van der Waals surface area contributed by atoms with E-state index in [1.54, 1.807) is 11.9 Å². The van der Waals surface area contributed by atoms with Crippen LogP contribution in [0.5, 0.6) is 0 Å². The minimum absolute atomic E-state index is 0.0799. The summed E-state index contributed by atoms with van der Waals surface area (Å²) in [5.74, 6) is 0.0832. The summed E-state index contributed by atoms with van der Waals surface area (Å²) in [6, 6.07) is 7.33. The molecule has 3 amide bonds. The minimum atomic E-state index is -0.601. The van der Waals surface area contributed by atoms with Gasteiger partial charge in [0, 0.05) is 42.7 Å². The molecule has 1 aliphatic carbocycles. The molecule has 2 fully saturated rings. The summed E-state index contributed by atoms with van der Waals surface area (Å²) in [7, 11) is 1.72. The number of carbonyl (C=O) groups excluding carboxylic acids is 3. The fourth-order valence-corrected chi connectivity index (χ4v) is 6.60. The monoisotopic (exact) mass is 618 g/mol. The lowest BCUT2D eigenvalue weighted by Gasteiger charge is -2.47. The Morgan fingerprint density at radius 2 is 1.60 bits per heavy atom. The third-order valence-corrected chi connectivity index (χ3v) is 9.24. The molecule has 1 saturated heterocycles. The Balaban J connectivity index is 1.72. The minimum Gasteiger partial charge on any atom is -0.444 e. The van der Waals surface area contributed by atoms with Crippen molar-refractivity contribution in [1.82, 2.24) is 20.7 Å². The zero-order chi connectivity index (χ0) is 32.0. The van der Waals surface area contributed by atoms with Crippen LogP contribution in [0.2, 0.25) is 5.02 Å². The summed E-state index contributed by atoms with van der Waals surface area (Å²) in [6.07, 6.45) is 7.81. The van der Waals surface area contributed by atoms with Gasteiger partial charge in [-0.05, 0) is 111 Å². The van der Waals surface area contributed by atoms with E-state index in [-0.39, 0.29) is 29.3 Å². The first-order valence-electron chi connectivity index (χ1n) is 16.1. The van der Waals surface area contributed by atoms with Crippen molar-refractivity contribution in [2.45, 2.75) is 123 Å². The Morgan fingerprint density at radius 1 is 1.02 bits per heavy atom. The molecule has 0 radical (unpaired) electrons. The van der Waals surface area contributed by atoms with E-state index < -0.39 is 17.1 Å². The standard InChI is InChI=1S/C34H55ClN4O4/c1-24(38(8)31(42)43-33(5,6)7)22-26(23-25-14-16-28(35)17-15-25)29(40)37-39-20-18-34(19-21-39,27-12-10-9-11-13-27)30(41)36-32(2,3)4/h14-17,24,26-27H,9-13,18-23H2,1-8H3,(H,36,41)(H,37,40)/t24?,26-/m0/s1. The van der Waals surface area contributed by atoms with Gasteiger partial charge in [-0.3, -0.25) is 15.0 Å². The lowest BCUT2D eigenvalue weighted by atomic mass is 9.63. The Labute approximate surface area is 264 Å². The molecule has 1 heterocycles. The Hall–Kier alpha value is -2.32. The van der Waals surface area contributed by atoms with Gasteiger partial charge in [-0.15, -0.1) is 0 Å². The number of nitrogens with one attached hydrogen (secondary N) is 2. The van der Waals surface area contributed by atoms with Crippen LogP contribution in [0, 0.1) is 17.3 Å². The van der Waals surface area contributed by atoms with Gasteiger partial charge in [0.1, 0.15) is 5.60 Å². The van der Waals surface area contributed by atoms with Crippen molar-refractivity contribution in [3.63, 3.8) is 0 Å². The van der Waals surface area contributed by atoms with Crippen molar-refractivity contribution >= 4 is 29.5 Å². The number of piperidine rings is 1. The van der Waals surface area contributed by atoms with Crippen LogP contribution in [0.3, 0.4) is 0 Å². The number of hydrogen-bond acceptors (Lipinski definition) is 5. The highest BCUT2D eigenvalue weighted by molar-refractivity contribution is 6.30. The molecule has 0 aromatic heterocycles. The van der Waals surface area contributed by atoms with Crippen LogP contribution in [-0.4, -0.2) is 65.1 Å². The van der Waals surface area contributed by atoms with Crippen LogP contribution in [0.15, 0.2) is 24.3 Å². The third kappa shape index (κ3) is 10.4. The highest BCUT2D eigenvalue weighted by atomic mass is 35.5. The van der Waals surface area contributed by atoms with Crippen molar-refractivity contribution < 1.29 is 19.1 Å². The van der Waals surface area contributed by atoms with E-state index >= 15 is 0 Å². The second-order valence-corrected chi connectivity index (χ2v) is 15.3. The van der Waals surface area contributed by atoms with Gasteiger partial charge in [0.25, 0.3) is 0 Å². The first-order valence-corrected chi connectivity index (χ1v) is 16.5. The van der Waals surface area contributed by atoms with Crippen LogP contribution in [0.1, 0.15) is 105 Å². The molecular formula is C34H55ClN4O4. The summed E-state index contributed by atoms with van der Waals surface area (Å²) >= 11 is 6.12. The molecule has 1 unspecified atom stereocenters. The molecule has 0 bridgehead atoms. The van der Waals surface area contributed by atoms with E-state index in [4.69, 9.17) is 16.3 Å². The van der Waals surface area contributed by atoms with Crippen LogP contribution in [0.25, 0.3) is 0 Å². The number of nitrogens with zero attached hydrogens (tertiary/aromatic N) is 2. The van der Waals surface area contributed by atoms with Crippen molar-refractivity contribution in [2.24, 2.45) is 17.3 Å². The maximum absolute atomic E-state index is 13.8. The van der Waals surface area contributed by atoms with Gasteiger partial charge in [-0.25, -0.2) is 9.80 Å². The van der Waals surface area contributed by atoms with Gasteiger partial charge < -0.3 is 15.0 Å². The molecule has 242 valence electrons. The molecule has 1 aromatic carbocycles. The van der Waals surface area contributed by atoms with Crippen LogP contribution < -0.4 is 10.7 Å². The molecule has 1 aliphatic heterocycles. The van der Waals surface area contributed by atoms with E-state index in [0.29, 0.717) is 36.9 Å². The average Bonchev–Trinajstić information content (AvgIpc) is 2.92. The summed E-state index contributed by atoms with van der Waals surface area (Å²) < 4.78 is 5.57. The van der Waals surface area contributed by atoms with E-state index in [2.05, 4.69) is 10.7 Å². The summed E-state index contributed by atoms with van der Waals surface area (Å²) in [6.45, 7) is 14.8. The first kappa shape index (κ1) is 35.2. The second kappa shape index (κ2) is 14.6. The predicted molar refractivity (Wildman–Crippen MR) is 173 cm³/mol. The maximum Gasteiger partial charge on any atom is 0.410 e. The molecule has 0 spiro atoms. The number of hydrazine groups is 1. The van der Waals surface area contributed by atoms with Crippen molar-refractivity contribution in [1.29, 1.82) is 0 Å². The summed E-state index contributed by atoms with van der Waals surface area (Å²) in [5.41, 5.74) is 2.91. The number of carbonyl (C=O) groups is 3. The number of ether oxygens (including phenoxy) is 1. The predicted octanol–water partition coefficient (Wildman–Crippen LogP) is 6.75. The first-order chi connectivity index (χ1) is 20.0. The van der Waals surface area contributed by atoms with Crippen molar-refractivity contribution in [3.8, 4) is 0 Å². The fourth-order valence-electron chi connectivity index (χ4n) is 6.48. The number of amides is 3. The highest BCUT2D eigenvalue weighted by Gasteiger charge is 2.48. The molecule has 2 atom stereocenters. The quantitative estimate of drug-likeness (QED) is 0.319. The largest absolute Gasteiger partial charge is 0.444 e. The van der Waals surface area contributed by atoms with E-state index in [9.17, 15) is 14.4 Å². The van der Waals surface area contributed by atoms with Gasteiger partial charge in [-0.2, -0.15) is 0 Å². The summed E-state index contributed by atoms with van der Waals surface area (Å²) in [4.78, 5) is 41.9. The van der Waals surface area contributed by atoms with Gasteiger partial charge in [0.05, 0.1) is 5.41 Å². The van der Waals surface area contributed by atoms with Gasteiger partial charge in [0.15, 0.2) is 0 Å². The number of rotatable bonds is 9. The van der Waals surface area contributed by atoms with Crippen molar-refractivity contribution in [3.05, 3.63) is 34.9 Å². The fraction of sp³-hybridized carbons (Fsp3) is 0.735. The Bertz CT molecular complexity index is 1080. The van der Waals surface area contributed by atoms with Gasteiger partial charge >= 0.3 is 6.09 Å². The molecule has 1 saturated carbocycles. The van der Waals surface area contributed by atoms with E-state index in [1.165, 1.54) is 19.3 Å². The SMILES string of the molecule is CC(C[C@@H](Cc1ccc(Cl)cc1)C(=O)NN1CCC(C(=O)NC(C)(C)C)(C2CCCCC2)CC1)N(C)C(=O)OC(C)(C)C. The number of halogens is 1. The van der Waals surface area contributed by atoms with Gasteiger partial charge in [-0.1, -0.05) is 43.0 Å². The molecule has 2 aliphatic rings. The average molecular weight is 619 g/mol. The Kier molecular flexibility index (Phi) is 12.0. The van der Waals surface area contributed by atoms with Crippen molar-refractivity contribution in [2.75, 3.05) is 20.1 Å². The lowest BCUT2D eigenvalue weighted by Crippen LogP contribution is -2.59. The second-order valence-electron chi connectivity index (χ2n) is 14.9. The zero-order valence-corrected chi connectivity index (χ0v) is 28.5. The highest BCUT2D eigenvalue weighted by Crippen LogP contribution is 2.46. The normalized spacial score (nSPS) is 19.7.